The lowest BCUT2D eigenvalue weighted by Gasteiger charge is -2.10. The number of hydrogen-bond donors (Lipinski definition) is 2. The number of hydrogen-bond acceptors (Lipinski definition) is 3. The van der Waals surface area contributed by atoms with E-state index in [9.17, 15) is 15.0 Å². The molecule has 1 aliphatic carbocycles. The van der Waals surface area contributed by atoms with Gasteiger partial charge in [0.2, 0.25) is 0 Å². The molecule has 19 heavy (non-hydrogen) atoms. The average Bonchev–Trinajstić information content (AvgIpc) is 2.66. The first-order valence-corrected chi connectivity index (χ1v) is 6.26. The lowest BCUT2D eigenvalue weighted by atomic mass is 9.96. The summed E-state index contributed by atoms with van der Waals surface area (Å²) >= 11 is 0. The summed E-state index contributed by atoms with van der Waals surface area (Å²) in [6.07, 6.45) is 0.699. The Labute approximate surface area is 111 Å². The van der Waals surface area contributed by atoms with Gasteiger partial charge in [0.1, 0.15) is 11.5 Å². The number of carbonyl (C=O) groups excluding carboxylic acids is 1. The van der Waals surface area contributed by atoms with Crippen molar-refractivity contribution in [3.8, 4) is 22.6 Å². The van der Waals surface area contributed by atoms with Crippen molar-refractivity contribution in [2.45, 2.75) is 13.3 Å². The standard InChI is InChI=1S/C16H14O3/c1-9-7-14-11(3-2-4-13(14)16(9)19)12-6-5-10(17)8-15(12)18/h2-6,8-9,17-18H,7H2,1H3. The summed E-state index contributed by atoms with van der Waals surface area (Å²) in [5.41, 5.74) is 3.25. The molecule has 2 aromatic rings. The normalized spacial score (nSPS) is 17.5. The third-order valence-electron chi connectivity index (χ3n) is 3.67. The van der Waals surface area contributed by atoms with Gasteiger partial charge in [-0.25, -0.2) is 0 Å². The molecule has 0 aliphatic heterocycles. The minimum atomic E-state index is -0.00425. The van der Waals surface area contributed by atoms with Gasteiger partial charge in [0, 0.05) is 23.1 Å². The molecule has 3 rings (SSSR count). The molecule has 1 aliphatic rings. The number of fused-ring (bicyclic) bond motifs is 1. The topological polar surface area (TPSA) is 57.5 Å². The first kappa shape index (κ1) is 11.8. The number of ketones is 1. The summed E-state index contributed by atoms with van der Waals surface area (Å²) in [6, 6.07) is 10.1. The van der Waals surface area contributed by atoms with Crippen LogP contribution in [0.5, 0.6) is 11.5 Å². The third kappa shape index (κ3) is 1.78. The van der Waals surface area contributed by atoms with Crippen LogP contribution in [0.15, 0.2) is 36.4 Å². The number of carbonyl (C=O) groups is 1. The maximum atomic E-state index is 12.0. The lowest BCUT2D eigenvalue weighted by Crippen LogP contribution is -2.02. The van der Waals surface area contributed by atoms with E-state index in [4.69, 9.17) is 0 Å². The molecule has 3 heteroatoms. The van der Waals surface area contributed by atoms with Gasteiger partial charge in [-0.1, -0.05) is 25.1 Å². The van der Waals surface area contributed by atoms with Gasteiger partial charge in [-0.15, -0.1) is 0 Å². The molecule has 1 atom stereocenters. The summed E-state index contributed by atoms with van der Waals surface area (Å²) in [5.74, 6) is 0.212. The highest BCUT2D eigenvalue weighted by molar-refractivity contribution is 6.04. The predicted octanol–water partition coefficient (Wildman–Crippen LogP) is 3.14. The maximum Gasteiger partial charge on any atom is 0.166 e. The van der Waals surface area contributed by atoms with E-state index >= 15 is 0 Å². The molecule has 0 amide bonds. The van der Waals surface area contributed by atoms with Crippen molar-refractivity contribution in [3.05, 3.63) is 47.5 Å². The highest BCUT2D eigenvalue weighted by Gasteiger charge is 2.29. The summed E-state index contributed by atoms with van der Waals surface area (Å²) in [6.45, 7) is 1.92. The number of benzene rings is 2. The smallest absolute Gasteiger partial charge is 0.166 e. The monoisotopic (exact) mass is 254 g/mol. The van der Waals surface area contributed by atoms with Crippen LogP contribution in [0.25, 0.3) is 11.1 Å². The van der Waals surface area contributed by atoms with Crippen LogP contribution in [0.2, 0.25) is 0 Å². The lowest BCUT2D eigenvalue weighted by molar-refractivity contribution is 0.0946. The van der Waals surface area contributed by atoms with Crippen molar-refractivity contribution in [1.29, 1.82) is 0 Å². The molecule has 0 saturated heterocycles. The van der Waals surface area contributed by atoms with Crippen molar-refractivity contribution >= 4 is 5.78 Å². The second-order valence-corrected chi connectivity index (χ2v) is 5.00. The Hall–Kier alpha value is -2.29. The number of Topliss-reactive ketones (excluding diaryl/α,β-unsaturated/α-hetero) is 1. The SMILES string of the molecule is CC1Cc2c(cccc2-c2ccc(O)cc2O)C1=O. The molecular weight excluding hydrogens is 240 g/mol. The van der Waals surface area contributed by atoms with Gasteiger partial charge in [-0.2, -0.15) is 0 Å². The second-order valence-electron chi connectivity index (χ2n) is 5.00. The number of aromatic hydroxyl groups is 2. The van der Waals surface area contributed by atoms with Crippen LogP contribution in [0.4, 0.5) is 0 Å². The fourth-order valence-electron chi connectivity index (χ4n) is 2.70. The van der Waals surface area contributed by atoms with E-state index in [1.165, 1.54) is 12.1 Å². The summed E-state index contributed by atoms with van der Waals surface area (Å²) < 4.78 is 0. The van der Waals surface area contributed by atoms with E-state index in [1.807, 2.05) is 25.1 Å². The Kier molecular flexibility index (Phi) is 2.56. The molecule has 2 N–H and O–H groups in total. The molecule has 0 heterocycles. The van der Waals surface area contributed by atoms with Gasteiger partial charge < -0.3 is 10.2 Å². The van der Waals surface area contributed by atoms with Gasteiger partial charge in [0.05, 0.1) is 0 Å². The molecule has 0 saturated carbocycles. The number of phenols is 2. The first-order chi connectivity index (χ1) is 9.08. The first-order valence-electron chi connectivity index (χ1n) is 6.26. The number of phenolic OH excluding ortho intramolecular Hbond substituents is 2. The molecule has 3 nitrogen and oxygen atoms in total. The van der Waals surface area contributed by atoms with Crippen molar-refractivity contribution in [3.63, 3.8) is 0 Å². The molecule has 96 valence electrons. The Balaban J connectivity index is 2.20. The Morgan fingerprint density at radius 3 is 2.53 bits per heavy atom. The minimum absolute atomic E-state index is 0.00425. The summed E-state index contributed by atoms with van der Waals surface area (Å²) in [4.78, 5) is 12.0. The average molecular weight is 254 g/mol. The fourth-order valence-corrected chi connectivity index (χ4v) is 2.70. The van der Waals surface area contributed by atoms with E-state index in [-0.39, 0.29) is 23.2 Å². The second kappa shape index (κ2) is 4.12. The predicted molar refractivity (Wildman–Crippen MR) is 72.4 cm³/mol. The van der Waals surface area contributed by atoms with E-state index < -0.39 is 0 Å². The van der Waals surface area contributed by atoms with E-state index in [1.54, 1.807) is 6.07 Å². The zero-order valence-electron chi connectivity index (χ0n) is 10.6. The van der Waals surface area contributed by atoms with Gasteiger partial charge in [-0.05, 0) is 29.7 Å². The van der Waals surface area contributed by atoms with E-state index in [2.05, 4.69) is 0 Å². The molecule has 0 fully saturated rings. The third-order valence-corrected chi connectivity index (χ3v) is 3.67. The van der Waals surface area contributed by atoms with Crippen LogP contribution < -0.4 is 0 Å². The molecular formula is C16H14O3. The quantitative estimate of drug-likeness (QED) is 0.822. The van der Waals surface area contributed by atoms with Crippen LogP contribution in [-0.2, 0) is 6.42 Å². The Morgan fingerprint density at radius 2 is 1.79 bits per heavy atom. The summed E-state index contributed by atoms with van der Waals surface area (Å²) in [7, 11) is 0. The van der Waals surface area contributed by atoms with E-state index in [0.29, 0.717) is 12.0 Å². The van der Waals surface area contributed by atoms with Crippen molar-refractivity contribution in [1.82, 2.24) is 0 Å². The van der Waals surface area contributed by atoms with Crippen LogP contribution in [0.1, 0.15) is 22.8 Å². The zero-order valence-corrected chi connectivity index (χ0v) is 10.6. The molecule has 1 unspecified atom stereocenters. The van der Waals surface area contributed by atoms with Crippen LogP contribution in [0.3, 0.4) is 0 Å². The van der Waals surface area contributed by atoms with Crippen LogP contribution in [-0.4, -0.2) is 16.0 Å². The van der Waals surface area contributed by atoms with E-state index in [0.717, 1.165) is 16.7 Å². The summed E-state index contributed by atoms with van der Waals surface area (Å²) in [5, 5.41) is 19.3. The van der Waals surface area contributed by atoms with Crippen LogP contribution >= 0.6 is 0 Å². The van der Waals surface area contributed by atoms with Crippen molar-refractivity contribution in [2.75, 3.05) is 0 Å². The van der Waals surface area contributed by atoms with Gasteiger partial charge in [0.15, 0.2) is 5.78 Å². The minimum Gasteiger partial charge on any atom is -0.508 e. The van der Waals surface area contributed by atoms with Crippen molar-refractivity contribution < 1.29 is 15.0 Å². The highest BCUT2D eigenvalue weighted by atomic mass is 16.3. The molecule has 0 aromatic heterocycles. The molecule has 0 bridgehead atoms. The molecule has 2 aromatic carbocycles. The Morgan fingerprint density at radius 1 is 1.05 bits per heavy atom. The zero-order chi connectivity index (χ0) is 13.6. The Bertz CT molecular complexity index is 674. The highest BCUT2D eigenvalue weighted by Crippen LogP contribution is 2.39. The van der Waals surface area contributed by atoms with Gasteiger partial charge >= 0.3 is 0 Å². The van der Waals surface area contributed by atoms with Gasteiger partial charge in [-0.3, -0.25) is 4.79 Å². The molecule has 0 radical (unpaired) electrons. The molecule has 0 spiro atoms. The largest absolute Gasteiger partial charge is 0.508 e. The fraction of sp³-hybridized carbons (Fsp3) is 0.188. The van der Waals surface area contributed by atoms with Crippen LogP contribution in [0, 0.1) is 5.92 Å². The van der Waals surface area contributed by atoms with Gasteiger partial charge in [0.25, 0.3) is 0 Å². The number of rotatable bonds is 1. The maximum absolute atomic E-state index is 12.0. The van der Waals surface area contributed by atoms with Crippen molar-refractivity contribution in [2.24, 2.45) is 5.92 Å².